The maximum absolute atomic E-state index is 12.2. The number of ketones is 1. The van der Waals surface area contributed by atoms with Crippen molar-refractivity contribution in [2.75, 3.05) is 13.6 Å². The van der Waals surface area contributed by atoms with E-state index in [1.54, 1.807) is 26.1 Å². The van der Waals surface area contributed by atoms with Gasteiger partial charge in [-0.2, -0.15) is 0 Å². The predicted octanol–water partition coefficient (Wildman–Crippen LogP) is 3.06. The molecule has 0 aliphatic heterocycles. The summed E-state index contributed by atoms with van der Waals surface area (Å²) >= 11 is 0. The minimum atomic E-state index is -0.282. The molecule has 27 heavy (non-hydrogen) atoms. The van der Waals surface area contributed by atoms with Crippen molar-refractivity contribution in [1.82, 2.24) is 10.6 Å². The van der Waals surface area contributed by atoms with E-state index >= 15 is 0 Å². The monoisotopic (exact) mass is 364 g/mol. The molecule has 140 valence electrons. The first kappa shape index (κ1) is 18.8. The van der Waals surface area contributed by atoms with Crippen molar-refractivity contribution in [3.05, 3.63) is 59.7 Å². The van der Waals surface area contributed by atoms with E-state index in [0.717, 1.165) is 29.5 Å². The van der Waals surface area contributed by atoms with Gasteiger partial charge in [-0.05, 0) is 36.1 Å². The topological polar surface area (TPSA) is 75.3 Å². The first-order valence-electron chi connectivity index (χ1n) is 9.24. The highest BCUT2D eigenvalue weighted by atomic mass is 16.2. The molecule has 0 spiro atoms. The third-order valence-corrected chi connectivity index (χ3v) is 4.86. The van der Waals surface area contributed by atoms with Crippen LogP contribution in [0.2, 0.25) is 0 Å². The molecule has 2 N–H and O–H groups in total. The van der Waals surface area contributed by atoms with Crippen molar-refractivity contribution < 1.29 is 14.4 Å². The zero-order valence-corrected chi connectivity index (χ0v) is 15.6. The molecule has 0 saturated heterocycles. The number of amides is 2. The normalized spacial score (nSPS) is 14.3. The average Bonchev–Trinajstić information content (AvgIpc) is 3.56. The van der Waals surface area contributed by atoms with E-state index in [-0.39, 0.29) is 36.0 Å². The summed E-state index contributed by atoms with van der Waals surface area (Å²) in [6, 6.07) is 14.9. The van der Waals surface area contributed by atoms with Crippen molar-refractivity contribution >= 4 is 17.6 Å². The molecule has 1 fully saturated rings. The van der Waals surface area contributed by atoms with E-state index in [1.165, 1.54) is 0 Å². The van der Waals surface area contributed by atoms with E-state index in [4.69, 9.17) is 0 Å². The molecule has 2 aromatic carbocycles. The summed E-state index contributed by atoms with van der Waals surface area (Å²) < 4.78 is 0. The van der Waals surface area contributed by atoms with E-state index in [9.17, 15) is 14.4 Å². The summed E-state index contributed by atoms with van der Waals surface area (Å²) in [6.07, 6.45) is 2.01. The van der Waals surface area contributed by atoms with Crippen molar-refractivity contribution in [2.24, 2.45) is 11.8 Å². The van der Waals surface area contributed by atoms with Gasteiger partial charge in [0.1, 0.15) is 0 Å². The summed E-state index contributed by atoms with van der Waals surface area (Å²) in [4.78, 5) is 35.8. The highest BCUT2D eigenvalue weighted by Crippen LogP contribution is 2.33. The van der Waals surface area contributed by atoms with E-state index in [0.29, 0.717) is 5.56 Å². The van der Waals surface area contributed by atoms with Gasteiger partial charge in [-0.25, -0.2) is 0 Å². The van der Waals surface area contributed by atoms with Crippen LogP contribution in [0.1, 0.15) is 40.5 Å². The van der Waals surface area contributed by atoms with Crippen LogP contribution in [0, 0.1) is 11.8 Å². The van der Waals surface area contributed by atoms with Crippen LogP contribution in [0.5, 0.6) is 0 Å². The van der Waals surface area contributed by atoms with Crippen LogP contribution in [-0.2, 0) is 4.79 Å². The molecular formula is C22H24N2O3. The number of benzene rings is 2. The van der Waals surface area contributed by atoms with Crippen LogP contribution in [0.15, 0.2) is 48.5 Å². The Bertz CT molecular complexity index is 837. The molecule has 1 atom stereocenters. The summed E-state index contributed by atoms with van der Waals surface area (Å²) in [5, 5.41) is 5.34. The Morgan fingerprint density at radius 3 is 1.93 bits per heavy atom. The summed E-state index contributed by atoms with van der Waals surface area (Å²) in [7, 11) is 1.58. The van der Waals surface area contributed by atoms with Gasteiger partial charge in [0, 0.05) is 30.6 Å². The summed E-state index contributed by atoms with van der Waals surface area (Å²) in [5.41, 5.74) is 3.30. The lowest BCUT2D eigenvalue weighted by atomic mass is 10.00. The zero-order chi connectivity index (χ0) is 19.4. The number of Topliss-reactive ketones (excluding diaryl/α,β-unsaturated/α-hetero) is 1. The van der Waals surface area contributed by atoms with Crippen molar-refractivity contribution in [3.8, 4) is 11.1 Å². The van der Waals surface area contributed by atoms with Gasteiger partial charge in [0.2, 0.25) is 5.91 Å². The Hall–Kier alpha value is -2.95. The standard InChI is InChI=1S/C22H24N2O3/c1-14(21(26)23-2)13-24-22(27)19-11-5-16(6-12-19)15-3-7-17(8-4-15)20(25)18-9-10-18/h3-8,11-12,14,18H,9-10,13H2,1-2H3,(H,23,26)(H,24,27)/t14-/m1/s1. The molecule has 1 aliphatic rings. The lowest BCUT2D eigenvalue weighted by molar-refractivity contribution is -0.123. The molecule has 5 heteroatoms. The van der Waals surface area contributed by atoms with E-state index < -0.39 is 0 Å². The second kappa shape index (κ2) is 8.16. The number of hydrogen-bond donors (Lipinski definition) is 2. The fourth-order valence-corrected chi connectivity index (χ4v) is 2.91. The lowest BCUT2D eigenvalue weighted by Gasteiger charge is -2.11. The Labute approximate surface area is 159 Å². The fraction of sp³-hybridized carbons (Fsp3) is 0.318. The number of nitrogens with one attached hydrogen (secondary N) is 2. The van der Waals surface area contributed by atoms with Gasteiger partial charge in [-0.15, -0.1) is 0 Å². The number of rotatable bonds is 7. The maximum atomic E-state index is 12.2. The molecule has 1 saturated carbocycles. The highest BCUT2D eigenvalue weighted by molar-refractivity contribution is 5.99. The number of carbonyl (C=O) groups is 3. The molecule has 0 aromatic heterocycles. The van der Waals surface area contributed by atoms with Gasteiger partial charge in [0.15, 0.2) is 5.78 Å². The summed E-state index contributed by atoms with van der Waals surface area (Å²) in [5.74, 6) is -0.133. The van der Waals surface area contributed by atoms with E-state index in [1.807, 2.05) is 36.4 Å². The van der Waals surface area contributed by atoms with Gasteiger partial charge >= 0.3 is 0 Å². The van der Waals surface area contributed by atoms with Gasteiger partial charge in [0.05, 0.1) is 5.92 Å². The second-order valence-electron chi connectivity index (χ2n) is 7.02. The molecule has 1 aliphatic carbocycles. The van der Waals surface area contributed by atoms with Crippen molar-refractivity contribution in [3.63, 3.8) is 0 Å². The molecule has 2 aromatic rings. The second-order valence-corrected chi connectivity index (χ2v) is 7.02. The van der Waals surface area contributed by atoms with Crippen LogP contribution in [0.4, 0.5) is 0 Å². The molecule has 5 nitrogen and oxygen atoms in total. The number of carbonyl (C=O) groups excluding carboxylic acids is 3. The van der Waals surface area contributed by atoms with Crippen LogP contribution in [0.25, 0.3) is 11.1 Å². The predicted molar refractivity (Wildman–Crippen MR) is 104 cm³/mol. The molecule has 0 heterocycles. The minimum Gasteiger partial charge on any atom is -0.359 e. The Morgan fingerprint density at radius 1 is 0.926 bits per heavy atom. The van der Waals surface area contributed by atoms with Crippen molar-refractivity contribution in [1.29, 1.82) is 0 Å². The molecule has 0 bridgehead atoms. The molecule has 3 rings (SSSR count). The third-order valence-electron chi connectivity index (χ3n) is 4.86. The maximum Gasteiger partial charge on any atom is 0.251 e. The fourth-order valence-electron chi connectivity index (χ4n) is 2.91. The SMILES string of the molecule is CNC(=O)[C@H](C)CNC(=O)c1ccc(-c2ccc(C(=O)C3CC3)cc2)cc1. The van der Waals surface area contributed by atoms with Crippen molar-refractivity contribution in [2.45, 2.75) is 19.8 Å². The molecule has 0 unspecified atom stereocenters. The first-order valence-corrected chi connectivity index (χ1v) is 9.24. The average molecular weight is 364 g/mol. The van der Waals surface area contributed by atoms with Crippen LogP contribution in [-0.4, -0.2) is 31.2 Å². The first-order chi connectivity index (χ1) is 13.0. The lowest BCUT2D eigenvalue weighted by Crippen LogP contribution is -2.35. The number of hydrogen-bond acceptors (Lipinski definition) is 3. The van der Waals surface area contributed by atoms with Gasteiger partial charge in [-0.3, -0.25) is 14.4 Å². The molecule has 2 amide bonds. The minimum absolute atomic E-state index is 0.103. The van der Waals surface area contributed by atoms with Gasteiger partial charge < -0.3 is 10.6 Å². The Morgan fingerprint density at radius 2 is 1.44 bits per heavy atom. The quantitative estimate of drug-likeness (QED) is 0.742. The molecule has 0 radical (unpaired) electrons. The van der Waals surface area contributed by atoms with Gasteiger partial charge in [-0.1, -0.05) is 43.3 Å². The third kappa shape index (κ3) is 4.61. The summed E-state index contributed by atoms with van der Waals surface area (Å²) in [6.45, 7) is 2.05. The Kier molecular flexibility index (Phi) is 5.69. The largest absolute Gasteiger partial charge is 0.359 e. The highest BCUT2D eigenvalue weighted by Gasteiger charge is 2.30. The smallest absolute Gasteiger partial charge is 0.251 e. The van der Waals surface area contributed by atoms with Crippen LogP contribution in [0.3, 0.4) is 0 Å². The Balaban J connectivity index is 1.61. The van der Waals surface area contributed by atoms with Gasteiger partial charge in [0.25, 0.3) is 5.91 Å². The van der Waals surface area contributed by atoms with E-state index in [2.05, 4.69) is 10.6 Å². The molecular weight excluding hydrogens is 340 g/mol. The van der Waals surface area contributed by atoms with Crippen LogP contribution >= 0.6 is 0 Å². The zero-order valence-electron chi connectivity index (χ0n) is 15.6. The van der Waals surface area contributed by atoms with Crippen LogP contribution < -0.4 is 10.6 Å².